The second kappa shape index (κ2) is 6.55. The van der Waals surface area contributed by atoms with Gasteiger partial charge >= 0.3 is 0 Å². The molecule has 21 heavy (non-hydrogen) atoms. The molecule has 0 unspecified atom stereocenters. The molecule has 2 rings (SSSR count). The summed E-state index contributed by atoms with van der Waals surface area (Å²) in [6.45, 7) is 3.93. The highest BCUT2D eigenvalue weighted by atomic mass is 19.1. The van der Waals surface area contributed by atoms with Crippen LogP contribution in [0.25, 0.3) is 0 Å². The van der Waals surface area contributed by atoms with Gasteiger partial charge in [0.25, 0.3) is 5.91 Å². The molecule has 5 nitrogen and oxygen atoms in total. The van der Waals surface area contributed by atoms with Gasteiger partial charge in [-0.2, -0.15) is 5.26 Å². The number of amides is 1. The zero-order valence-electron chi connectivity index (χ0n) is 12.2. The second-order valence-electron chi connectivity index (χ2n) is 4.94. The number of carbonyl (C=O) groups excluding carboxylic acids is 1. The number of benzene rings is 1. The van der Waals surface area contributed by atoms with Gasteiger partial charge in [-0.05, 0) is 19.1 Å². The second-order valence-corrected chi connectivity index (χ2v) is 4.94. The molecule has 0 bridgehead atoms. The Morgan fingerprint density at radius 2 is 2.05 bits per heavy atom. The number of rotatable bonds is 3. The molecule has 0 N–H and O–H groups in total. The molecule has 1 atom stereocenters. The first kappa shape index (κ1) is 15.3. The average Bonchev–Trinajstić information content (AvgIpc) is 2.53. The van der Waals surface area contributed by atoms with Crippen LogP contribution in [0.2, 0.25) is 0 Å². The topological polar surface area (TPSA) is 56.6 Å². The molecule has 0 aromatic heterocycles. The predicted octanol–water partition coefficient (Wildman–Crippen LogP) is 1.38. The minimum absolute atomic E-state index is 0.0445. The standard InChI is InChI=1S/C15H18FN3O2/c1-11(21-2)15(20)19-8-6-18(7-9-19)14-5-3-4-13(16)12(14)10-17/h3-5,11H,6-9H2,1-2H3/t11-/m1/s1. The summed E-state index contributed by atoms with van der Waals surface area (Å²) in [5.74, 6) is -0.557. The summed E-state index contributed by atoms with van der Waals surface area (Å²) in [5.41, 5.74) is 0.645. The Labute approximate surface area is 123 Å². The fourth-order valence-corrected chi connectivity index (χ4v) is 2.41. The molecular weight excluding hydrogens is 273 g/mol. The monoisotopic (exact) mass is 291 g/mol. The molecule has 1 saturated heterocycles. The van der Waals surface area contributed by atoms with Crippen LogP contribution in [0.3, 0.4) is 0 Å². The Kier molecular flexibility index (Phi) is 4.76. The lowest BCUT2D eigenvalue weighted by Gasteiger charge is -2.37. The van der Waals surface area contributed by atoms with Gasteiger partial charge in [-0.3, -0.25) is 4.79 Å². The van der Waals surface area contributed by atoms with Crippen molar-refractivity contribution >= 4 is 11.6 Å². The van der Waals surface area contributed by atoms with Gasteiger partial charge in [0.15, 0.2) is 0 Å². The lowest BCUT2D eigenvalue weighted by Crippen LogP contribution is -2.51. The van der Waals surface area contributed by atoms with Crippen LogP contribution >= 0.6 is 0 Å². The summed E-state index contributed by atoms with van der Waals surface area (Å²) in [7, 11) is 1.50. The Morgan fingerprint density at radius 3 is 2.62 bits per heavy atom. The maximum Gasteiger partial charge on any atom is 0.251 e. The van der Waals surface area contributed by atoms with Crippen LogP contribution < -0.4 is 4.90 Å². The van der Waals surface area contributed by atoms with Crippen molar-refractivity contribution in [2.24, 2.45) is 0 Å². The summed E-state index contributed by atoms with van der Waals surface area (Å²) in [5, 5.41) is 9.08. The number of piperazine rings is 1. The number of anilines is 1. The largest absolute Gasteiger partial charge is 0.372 e. The molecule has 1 aliphatic heterocycles. The SMILES string of the molecule is CO[C@H](C)C(=O)N1CCN(c2cccc(F)c2C#N)CC1. The zero-order valence-corrected chi connectivity index (χ0v) is 12.2. The maximum absolute atomic E-state index is 13.6. The molecule has 1 heterocycles. The van der Waals surface area contributed by atoms with E-state index in [-0.39, 0.29) is 11.5 Å². The third-order valence-corrected chi connectivity index (χ3v) is 3.74. The van der Waals surface area contributed by atoms with Crippen molar-refractivity contribution in [3.05, 3.63) is 29.6 Å². The summed E-state index contributed by atoms with van der Waals surface area (Å²) < 4.78 is 18.7. The number of hydrogen-bond acceptors (Lipinski definition) is 4. The average molecular weight is 291 g/mol. The van der Waals surface area contributed by atoms with Crippen LogP contribution in [-0.2, 0) is 9.53 Å². The Hall–Kier alpha value is -2.13. The number of halogens is 1. The highest BCUT2D eigenvalue weighted by Crippen LogP contribution is 2.23. The van der Waals surface area contributed by atoms with Crippen molar-refractivity contribution in [2.75, 3.05) is 38.2 Å². The van der Waals surface area contributed by atoms with E-state index in [9.17, 15) is 9.18 Å². The number of hydrogen-bond donors (Lipinski definition) is 0. The lowest BCUT2D eigenvalue weighted by molar-refractivity contribution is -0.141. The molecule has 1 aromatic rings. The van der Waals surface area contributed by atoms with Gasteiger partial charge in [-0.1, -0.05) is 6.07 Å². The number of ether oxygens (including phenoxy) is 1. The fourth-order valence-electron chi connectivity index (χ4n) is 2.41. The van der Waals surface area contributed by atoms with Gasteiger partial charge in [0, 0.05) is 33.3 Å². The van der Waals surface area contributed by atoms with E-state index in [1.807, 2.05) is 11.0 Å². The third-order valence-electron chi connectivity index (χ3n) is 3.74. The van der Waals surface area contributed by atoms with Crippen LogP contribution in [0, 0.1) is 17.1 Å². The maximum atomic E-state index is 13.6. The molecule has 112 valence electrons. The molecule has 0 aliphatic carbocycles. The Morgan fingerprint density at radius 1 is 1.38 bits per heavy atom. The minimum Gasteiger partial charge on any atom is -0.372 e. The zero-order chi connectivity index (χ0) is 15.4. The normalized spacial score (nSPS) is 16.5. The predicted molar refractivity (Wildman–Crippen MR) is 76.4 cm³/mol. The van der Waals surface area contributed by atoms with Crippen LogP contribution in [0.4, 0.5) is 10.1 Å². The highest BCUT2D eigenvalue weighted by molar-refractivity contribution is 5.80. The molecule has 0 radical (unpaired) electrons. The fraction of sp³-hybridized carbons (Fsp3) is 0.467. The van der Waals surface area contributed by atoms with Gasteiger partial charge < -0.3 is 14.5 Å². The Bertz CT molecular complexity index is 563. The van der Waals surface area contributed by atoms with Gasteiger partial charge in [0.1, 0.15) is 23.6 Å². The lowest BCUT2D eigenvalue weighted by atomic mass is 10.1. The number of carbonyl (C=O) groups is 1. The van der Waals surface area contributed by atoms with Gasteiger partial charge in [0.2, 0.25) is 0 Å². The van der Waals surface area contributed by atoms with Crippen molar-refractivity contribution in [2.45, 2.75) is 13.0 Å². The van der Waals surface area contributed by atoms with Crippen LogP contribution in [0.1, 0.15) is 12.5 Å². The molecule has 1 fully saturated rings. The molecule has 0 spiro atoms. The van der Waals surface area contributed by atoms with Crippen LogP contribution in [0.5, 0.6) is 0 Å². The molecule has 0 saturated carbocycles. The first-order valence-electron chi connectivity index (χ1n) is 6.83. The van der Waals surface area contributed by atoms with Crippen molar-refractivity contribution in [1.82, 2.24) is 4.90 Å². The van der Waals surface area contributed by atoms with Gasteiger partial charge in [-0.15, -0.1) is 0 Å². The van der Waals surface area contributed by atoms with Crippen molar-refractivity contribution < 1.29 is 13.9 Å². The first-order valence-corrected chi connectivity index (χ1v) is 6.83. The van der Waals surface area contributed by atoms with E-state index in [2.05, 4.69) is 0 Å². The van der Waals surface area contributed by atoms with Crippen molar-refractivity contribution in [3.8, 4) is 6.07 Å². The first-order chi connectivity index (χ1) is 10.1. The van der Waals surface area contributed by atoms with Crippen molar-refractivity contribution in [3.63, 3.8) is 0 Å². The van der Waals surface area contributed by atoms with Crippen molar-refractivity contribution in [1.29, 1.82) is 5.26 Å². The molecular formula is C15H18FN3O2. The van der Waals surface area contributed by atoms with E-state index < -0.39 is 11.9 Å². The molecule has 1 aromatic carbocycles. The number of nitrogens with zero attached hydrogens (tertiary/aromatic N) is 3. The summed E-state index contributed by atoms with van der Waals surface area (Å²) in [6.07, 6.45) is -0.458. The Balaban J connectivity index is 2.07. The van der Waals surface area contributed by atoms with Gasteiger partial charge in [0.05, 0.1) is 5.69 Å². The minimum atomic E-state index is -0.512. The molecule has 6 heteroatoms. The van der Waals surface area contributed by atoms with Crippen LogP contribution in [0.15, 0.2) is 18.2 Å². The summed E-state index contributed by atoms with van der Waals surface area (Å²) in [6, 6.07) is 6.51. The summed E-state index contributed by atoms with van der Waals surface area (Å²) in [4.78, 5) is 15.7. The summed E-state index contributed by atoms with van der Waals surface area (Å²) >= 11 is 0. The smallest absolute Gasteiger partial charge is 0.251 e. The van der Waals surface area contributed by atoms with E-state index in [1.165, 1.54) is 13.2 Å². The van der Waals surface area contributed by atoms with E-state index in [0.29, 0.717) is 31.9 Å². The van der Waals surface area contributed by atoms with E-state index >= 15 is 0 Å². The quantitative estimate of drug-likeness (QED) is 0.844. The van der Waals surface area contributed by atoms with Gasteiger partial charge in [-0.25, -0.2) is 4.39 Å². The molecule has 1 amide bonds. The van der Waals surface area contributed by atoms with E-state index in [1.54, 1.807) is 24.0 Å². The van der Waals surface area contributed by atoms with E-state index in [0.717, 1.165) is 0 Å². The third kappa shape index (κ3) is 3.14. The number of methoxy groups -OCH3 is 1. The van der Waals surface area contributed by atoms with Crippen LogP contribution in [-0.4, -0.2) is 50.2 Å². The molecule has 1 aliphatic rings. The highest BCUT2D eigenvalue weighted by Gasteiger charge is 2.26. The number of nitriles is 1. The van der Waals surface area contributed by atoms with E-state index in [4.69, 9.17) is 10.00 Å².